The van der Waals surface area contributed by atoms with Crippen LogP contribution in [0, 0.1) is 5.92 Å². The Labute approximate surface area is 119 Å². The van der Waals surface area contributed by atoms with Gasteiger partial charge in [0, 0.05) is 24.7 Å². The van der Waals surface area contributed by atoms with E-state index in [0.29, 0.717) is 0 Å². The Balaban J connectivity index is 1.56. The van der Waals surface area contributed by atoms with Crippen LogP contribution >= 0.6 is 0 Å². The quantitative estimate of drug-likeness (QED) is 0.817. The molecule has 3 fully saturated rings. The van der Waals surface area contributed by atoms with Gasteiger partial charge in [-0.2, -0.15) is 0 Å². The SMILES string of the molecule is CC(C1CCCCC1)N(CC1CCCCN1)C1CC1. The van der Waals surface area contributed by atoms with Crippen LogP contribution in [0.5, 0.6) is 0 Å². The van der Waals surface area contributed by atoms with E-state index in [1.165, 1.54) is 77.3 Å². The molecule has 19 heavy (non-hydrogen) atoms. The van der Waals surface area contributed by atoms with Crippen LogP contribution in [0.4, 0.5) is 0 Å². The van der Waals surface area contributed by atoms with Gasteiger partial charge in [-0.15, -0.1) is 0 Å². The summed E-state index contributed by atoms with van der Waals surface area (Å²) in [5.74, 6) is 0.984. The molecule has 0 radical (unpaired) electrons. The largest absolute Gasteiger partial charge is 0.313 e. The van der Waals surface area contributed by atoms with Gasteiger partial charge in [-0.25, -0.2) is 0 Å². The zero-order chi connectivity index (χ0) is 13.1. The van der Waals surface area contributed by atoms with Gasteiger partial charge >= 0.3 is 0 Å². The number of piperidine rings is 1. The second kappa shape index (κ2) is 6.58. The van der Waals surface area contributed by atoms with Crippen LogP contribution in [0.1, 0.15) is 71.1 Å². The van der Waals surface area contributed by atoms with Crippen molar-refractivity contribution in [2.45, 2.75) is 89.3 Å². The number of nitrogens with zero attached hydrogens (tertiary/aromatic N) is 1. The topological polar surface area (TPSA) is 15.3 Å². The molecule has 3 aliphatic rings. The van der Waals surface area contributed by atoms with Gasteiger partial charge < -0.3 is 5.32 Å². The van der Waals surface area contributed by atoms with E-state index in [1.54, 1.807) is 0 Å². The predicted octanol–water partition coefficient (Wildman–Crippen LogP) is 3.56. The molecule has 110 valence electrons. The van der Waals surface area contributed by atoms with Crippen LogP contribution in [0.3, 0.4) is 0 Å². The smallest absolute Gasteiger partial charge is 0.0195 e. The molecule has 0 aromatic carbocycles. The van der Waals surface area contributed by atoms with Crippen molar-refractivity contribution in [3.63, 3.8) is 0 Å². The predicted molar refractivity (Wildman–Crippen MR) is 81.4 cm³/mol. The molecule has 0 aromatic heterocycles. The van der Waals surface area contributed by atoms with Crippen LogP contribution in [-0.2, 0) is 0 Å². The van der Waals surface area contributed by atoms with E-state index in [-0.39, 0.29) is 0 Å². The van der Waals surface area contributed by atoms with Crippen molar-refractivity contribution in [1.29, 1.82) is 0 Å². The van der Waals surface area contributed by atoms with Crippen LogP contribution in [0.2, 0.25) is 0 Å². The van der Waals surface area contributed by atoms with Crippen LogP contribution in [-0.4, -0.2) is 36.1 Å². The summed E-state index contributed by atoms with van der Waals surface area (Å²) in [5, 5.41) is 3.75. The van der Waals surface area contributed by atoms with Crippen molar-refractivity contribution < 1.29 is 0 Å². The molecule has 0 spiro atoms. The summed E-state index contributed by atoms with van der Waals surface area (Å²) < 4.78 is 0. The highest BCUT2D eigenvalue weighted by Crippen LogP contribution is 2.35. The Morgan fingerprint density at radius 1 is 0.947 bits per heavy atom. The molecule has 2 atom stereocenters. The minimum atomic E-state index is 0.778. The molecule has 2 heteroatoms. The number of nitrogens with one attached hydrogen (secondary N) is 1. The molecule has 2 saturated carbocycles. The number of hydrogen-bond donors (Lipinski definition) is 1. The summed E-state index contributed by atoms with van der Waals surface area (Å²) in [4.78, 5) is 2.89. The van der Waals surface area contributed by atoms with Gasteiger partial charge in [0.25, 0.3) is 0 Å². The summed E-state index contributed by atoms with van der Waals surface area (Å²) >= 11 is 0. The maximum atomic E-state index is 3.75. The van der Waals surface area contributed by atoms with E-state index >= 15 is 0 Å². The fourth-order valence-electron chi connectivity index (χ4n) is 4.28. The van der Waals surface area contributed by atoms with Gasteiger partial charge in [-0.05, 0) is 57.9 Å². The first-order valence-electron chi connectivity index (χ1n) is 8.84. The maximum absolute atomic E-state index is 3.75. The molecule has 1 N–H and O–H groups in total. The number of rotatable bonds is 5. The van der Waals surface area contributed by atoms with E-state index in [9.17, 15) is 0 Å². The fraction of sp³-hybridized carbons (Fsp3) is 1.00. The van der Waals surface area contributed by atoms with Gasteiger partial charge in [-0.3, -0.25) is 4.90 Å². The van der Waals surface area contributed by atoms with E-state index in [2.05, 4.69) is 17.1 Å². The van der Waals surface area contributed by atoms with Crippen LogP contribution < -0.4 is 5.32 Å². The van der Waals surface area contributed by atoms with Gasteiger partial charge in [0.2, 0.25) is 0 Å². The molecule has 0 aromatic rings. The minimum absolute atomic E-state index is 0.778. The lowest BCUT2D eigenvalue weighted by Crippen LogP contribution is -2.49. The van der Waals surface area contributed by atoms with Gasteiger partial charge in [0.05, 0.1) is 0 Å². The molecule has 0 amide bonds. The average molecular weight is 264 g/mol. The van der Waals surface area contributed by atoms with Crippen molar-refractivity contribution >= 4 is 0 Å². The normalized spacial score (nSPS) is 31.6. The average Bonchev–Trinajstić information content (AvgIpc) is 3.31. The van der Waals surface area contributed by atoms with E-state index in [0.717, 1.165) is 24.0 Å². The highest BCUT2D eigenvalue weighted by Gasteiger charge is 2.36. The molecule has 3 rings (SSSR count). The van der Waals surface area contributed by atoms with Gasteiger partial charge in [-0.1, -0.05) is 25.7 Å². The van der Waals surface area contributed by atoms with Crippen molar-refractivity contribution in [2.75, 3.05) is 13.1 Å². The lowest BCUT2D eigenvalue weighted by atomic mass is 9.83. The first-order chi connectivity index (χ1) is 9.34. The molecular weight excluding hydrogens is 232 g/mol. The lowest BCUT2D eigenvalue weighted by molar-refractivity contribution is 0.105. The molecule has 2 aliphatic carbocycles. The highest BCUT2D eigenvalue weighted by atomic mass is 15.2. The second-order valence-electron chi connectivity index (χ2n) is 7.21. The Morgan fingerprint density at radius 3 is 2.32 bits per heavy atom. The van der Waals surface area contributed by atoms with Crippen molar-refractivity contribution in [3.05, 3.63) is 0 Å². The monoisotopic (exact) mass is 264 g/mol. The standard InChI is InChI=1S/C17H32N2/c1-14(15-7-3-2-4-8-15)19(17-10-11-17)13-16-9-5-6-12-18-16/h14-18H,2-13H2,1H3. The summed E-state index contributed by atoms with van der Waals surface area (Å²) in [6.07, 6.45) is 14.6. The van der Waals surface area contributed by atoms with Crippen molar-refractivity contribution in [2.24, 2.45) is 5.92 Å². The third-order valence-electron chi connectivity index (χ3n) is 5.71. The van der Waals surface area contributed by atoms with Gasteiger partial charge in [0.1, 0.15) is 0 Å². The number of hydrogen-bond acceptors (Lipinski definition) is 2. The van der Waals surface area contributed by atoms with Crippen LogP contribution in [0.25, 0.3) is 0 Å². The summed E-state index contributed by atoms with van der Waals surface area (Å²) in [7, 11) is 0. The third-order valence-corrected chi connectivity index (χ3v) is 5.71. The second-order valence-corrected chi connectivity index (χ2v) is 7.21. The third kappa shape index (κ3) is 3.72. The van der Waals surface area contributed by atoms with Gasteiger partial charge in [0.15, 0.2) is 0 Å². The van der Waals surface area contributed by atoms with Crippen molar-refractivity contribution in [3.8, 4) is 0 Å². The lowest BCUT2D eigenvalue weighted by Gasteiger charge is -2.39. The van der Waals surface area contributed by atoms with Crippen LogP contribution in [0.15, 0.2) is 0 Å². The minimum Gasteiger partial charge on any atom is -0.313 e. The molecular formula is C17H32N2. The molecule has 2 unspecified atom stereocenters. The molecule has 2 nitrogen and oxygen atoms in total. The maximum Gasteiger partial charge on any atom is 0.0195 e. The molecule has 1 aliphatic heterocycles. The fourth-order valence-corrected chi connectivity index (χ4v) is 4.28. The summed E-state index contributed by atoms with van der Waals surface area (Å²) in [5.41, 5.74) is 0. The molecule has 1 heterocycles. The Morgan fingerprint density at radius 2 is 1.68 bits per heavy atom. The zero-order valence-corrected chi connectivity index (χ0v) is 12.7. The van der Waals surface area contributed by atoms with E-state index < -0.39 is 0 Å². The Hall–Kier alpha value is -0.0800. The summed E-state index contributed by atoms with van der Waals surface area (Å²) in [6, 6.07) is 2.54. The van der Waals surface area contributed by atoms with E-state index in [1.807, 2.05) is 0 Å². The molecule has 0 bridgehead atoms. The molecule has 1 saturated heterocycles. The first-order valence-corrected chi connectivity index (χ1v) is 8.84. The summed E-state index contributed by atoms with van der Waals surface area (Å²) in [6.45, 7) is 5.10. The van der Waals surface area contributed by atoms with E-state index in [4.69, 9.17) is 0 Å². The Kier molecular flexibility index (Phi) is 4.81. The Bertz CT molecular complexity index is 262. The highest BCUT2D eigenvalue weighted by molar-refractivity contribution is 4.92. The van der Waals surface area contributed by atoms with Crippen molar-refractivity contribution in [1.82, 2.24) is 10.2 Å². The zero-order valence-electron chi connectivity index (χ0n) is 12.7. The first kappa shape index (κ1) is 13.9.